The van der Waals surface area contributed by atoms with Crippen molar-refractivity contribution in [2.45, 2.75) is 18.4 Å². The maximum absolute atomic E-state index is 13.1. The molecule has 0 aromatic heterocycles. The summed E-state index contributed by atoms with van der Waals surface area (Å²) in [5.74, 6) is 0.452. The van der Waals surface area contributed by atoms with E-state index in [4.69, 9.17) is 9.47 Å². The number of methoxy groups -OCH3 is 3. The average Bonchev–Trinajstić information content (AvgIpc) is 2.67. The normalized spacial score (nSPS) is 11.3. The van der Waals surface area contributed by atoms with Crippen molar-refractivity contribution in [3.8, 4) is 11.5 Å². The summed E-state index contributed by atoms with van der Waals surface area (Å²) >= 11 is 0. The number of nitrogens with zero attached hydrogens (tertiary/aromatic N) is 1. The minimum absolute atomic E-state index is 0.0391. The third-order valence-electron chi connectivity index (χ3n) is 4.21. The molecule has 0 atom stereocenters. The van der Waals surface area contributed by atoms with E-state index in [2.05, 4.69) is 4.74 Å². The van der Waals surface area contributed by atoms with E-state index in [0.29, 0.717) is 22.6 Å². The summed E-state index contributed by atoms with van der Waals surface area (Å²) in [5, 5.41) is 0. The van der Waals surface area contributed by atoms with Crippen LogP contribution in [0.3, 0.4) is 0 Å². The van der Waals surface area contributed by atoms with Crippen LogP contribution in [0.15, 0.2) is 41.3 Å². The summed E-state index contributed by atoms with van der Waals surface area (Å²) in [6.45, 7) is 1.71. The second-order valence-electron chi connectivity index (χ2n) is 5.87. The number of benzene rings is 2. The Morgan fingerprint density at radius 3 is 2.15 bits per heavy atom. The number of hydrogen-bond acceptors (Lipinski definition) is 6. The molecule has 0 bridgehead atoms. The van der Waals surface area contributed by atoms with Crippen LogP contribution in [0.4, 0.5) is 0 Å². The SMILES string of the molecule is COC(=O)c1ccc(C)c(S(=O)(=O)N(C)Cc2c(OC)cccc2OC)c1. The van der Waals surface area contributed by atoms with Gasteiger partial charge >= 0.3 is 5.97 Å². The van der Waals surface area contributed by atoms with Crippen molar-refractivity contribution in [1.29, 1.82) is 0 Å². The molecule has 0 aliphatic rings. The summed E-state index contributed by atoms with van der Waals surface area (Å²) < 4.78 is 42.8. The Kier molecular flexibility index (Phi) is 6.45. The highest BCUT2D eigenvalue weighted by molar-refractivity contribution is 7.89. The Bertz CT molecular complexity index is 917. The molecule has 0 fully saturated rings. The van der Waals surface area contributed by atoms with Gasteiger partial charge in [0.15, 0.2) is 0 Å². The molecule has 8 heteroatoms. The predicted octanol–water partition coefficient (Wildman–Crippen LogP) is 2.62. The minimum atomic E-state index is -3.87. The van der Waals surface area contributed by atoms with Crippen molar-refractivity contribution in [2.24, 2.45) is 0 Å². The fourth-order valence-electron chi connectivity index (χ4n) is 2.68. The molecule has 0 aliphatic carbocycles. The average molecular weight is 393 g/mol. The highest BCUT2D eigenvalue weighted by atomic mass is 32.2. The fourth-order valence-corrected chi connectivity index (χ4v) is 4.07. The zero-order valence-corrected chi connectivity index (χ0v) is 16.8. The molecule has 0 unspecified atom stereocenters. The molecule has 0 spiro atoms. The van der Waals surface area contributed by atoms with Crippen LogP contribution < -0.4 is 9.47 Å². The summed E-state index contributed by atoms with van der Waals surface area (Å²) in [5.41, 5.74) is 1.31. The van der Waals surface area contributed by atoms with E-state index in [0.717, 1.165) is 0 Å². The van der Waals surface area contributed by atoms with Gasteiger partial charge in [0.2, 0.25) is 10.0 Å². The van der Waals surface area contributed by atoms with Crippen molar-refractivity contribution in [3.63, 3.8) is 0 Å². The van der Waals surface area contributed by atoms with Crippen LogP contribution in [0.5, 0.6) is 11.5 Å². The second-order valence-corrected chi connectivity index (χ2v) is 7.89. The molecule has 0 amide bonds. The summed E-state index contributed by atoms with van der Waals surface area (Å²) in [6.07, 6.45) is 0. The van der Waals surface area contributed by atoms with E-state index in [1.54, 1.807) is 31.2 Å². The van der Waals surface area contributed by atoms with Crippen molar-refractivity contribution in [1.82, 2.24) is 4.31 Å². The topological polar surface area (TPSA) is 82.1 Å². The van der Waals surface area contributed by atoms with Crippen LogP contribution in [0.1, 0.15) is 21.5 Å². The van der Waals surface area contributed by atoms with Gasteiger partial charge in [-0.05, 0) is 36.8 Å². The van der Waals surface area contributed by atoms with Crippen LogP contribution in [-0.4, -0.2) is 47.1 Å². The monoisotopic (exact) mass is 393 g/mol. The number of aryl methyl sites for hydroxylation is 1. The molecular formula is C19H23NO6S. The maximum atomic E-state index is 13.1. The predicted molar refractivity (Wildman–Crippen MR) is 101 cm³/mol. The lowest BCUT2D eigenvalue weighted by molar-refractivity contribution is 0.0600. The molecule has 7 nitrogen and oxygen atoms in total. The van der Waals surface area contributed by atoms with Gasteiger partial charge in [-0.2, -0.15) is 4.31 Å². The number of esters is 1. The molecule has 146 valence electrons. The number of sulfonamides is 1. The molecule has 0 heterocycles. The zero-order valence-electron chi connectivity index (χ0n) is 16.0. The lowest BCUT2D eigenvalue weighted by atomic mass is 10.1. The Morgan fingerprint density at radius 2 is 1.63 bits per heavy atom. The molecule has 0 saturated carbocycles. The first-order chi connectivity index (χ1) is 12.8. The van der Waals surface area contributed by atoms with Crippen LogP contribution in [0.2, 0.25) is 0 Å². The van der Waals surface area contributed by atoms with Gasteiger partial charge in [-0.15, -0.1) is 0 Å². The van der Waals surface area contributed by atoms with E-state index in [1.165, 1.54) is 44.8 Å². The van der Waals surface area contributed by atoms with Gasteiger partial charge < -0.3 is 14.2 Å². The van der Waals surface area contributed by atoms with Crippen LogP contribution in [-0.2, 0) is 21.3 Å². The molecule has 0 saturated heterocycles. The number of hydrogen-bond donors (Lipinski definition) is 0. The largest absolute Gasteiger partial charge is 0.496 e. The van der Waals surface area contributed by atoms with Crippen LogP contribution >= 0.6 is 0 Å². The van der Waals surface area contributed by atoms with Crippen molar-refractivity contribution in [2.75, 3.05) is 28.4 Å². The first-order valence-corrected chi connectivity index (χ1v) is 9.55. The van der Waals surface area contributed by atoms with Gasteiger partial charge in [-0.3, -0.25) is 0 Å². The Hall–Kier alpha value is -2.58. The third kappa shape index (κ3) is 4.23. The Balaban J connectivity index is 2.45. The molecular weight excluding hydrogens is 370 g/mol. The number of ether oxygens (including phenoxy) is 3. The first-order valence-electron chi connectivity index (χ1n) is 8.11. The van der Waals surface area contributed by atoms with Gasteiger partial charge in [0.25, 0.3) is 0 Å². The Morgan fingerprint density at radius 1 is 1.04 bits per heavy atom. The lowest BCUT2D eigenvalue weighted by Gasteiger charge is -2.21. The summed E-state index contributed by atoms with van der Waals surface area (Å²) in [4.78, 5) is 11.8. The standard InChI is InChI=1S/C19H23NO6S/c1-13-9-10-14(19(21)26-5)11-18(13)27(22,23)20(2)12-15-16(24-3)7-6-8-17(15)25-4/h6-11H,12H2,1-5H3. The molecule has 2 aromatic carbocycles. The smallest absolute Gasteiger partial charge is 0.337 e. The van der Waals surface area contributed by atoms with Gasteiger partial charge in [-0.1, -0.05) is 12.1 Å². The molecule has 0 radical (unpaired) electrons. The van der Waals surface area contributed by atoms with E-state index in [1.807, 2.05) is 0 Å². The lowest BCUT2D eigenvalue weighted by Crippen LogP contribution is -2.27. The highest BCUT2D eigenvalue weighted by Gasteiger charge is 2.26. The van der Waals surface area contributed by atoms with E-state index in [9.17, 15) is 13.2 Å². The molecule has 2 aromatic rings. The van der Waals surface area contributed by atoms with Crippen LogP contribution in [0, 0.1) is 6.92 Å². The summed E-state index contributed by atoms with van der Waals surface area (Å²) in [6, 6.07) is 9.68. The van der Waals surface area contributed by atoms with Crippen molar-refractivity contribution < 1.29 is 27.4 Å². The number of carbonyl (C=O) groups is 1. The van der Waals surface area contributed by atoms with Crippen molar-refractivity contribution in [3.05, 3.63) is 53.1 Å². The third-order valence-corrected chi connectivity index (χ3v) is 6.15. The van der Waals surface area contributed by atoms with Crippen LogP contribution in [0.25, 0.3) is 0 Å². The fraction of sp³-hybridized carbons (Fsp3) is 0.316. The van der Waals surface area contributed by atoms with Gasteiger partial charge in [0.05, 0.1) is 37.4 Å². The van der Waals surface area contributed by atoms with E-state index < -0.39 is 16.0 Å². The Labute approximate surface area is 159 Å². The maximum Gasteiger partial charge on any atom is 0.337 e. The van der Waals surface area contributed by atoms with E-state index in [-0.39, 0.29) is 17.0 Å². The van der Waals surface area contributed by atoms with Gasteiger partial charge in [0, 0.05) is 13.6 Å². The van der Waals surface area contributed by atoms with Crippen molar-refractivity contribution >= 4 is 16.0 Å². The highest BCUT2D eigenvalue weighted by Crippen LogP contribution is 2.31. The number of carbonyl (C=O) groups excluding carboxylic acids is 1. The molecule has 0 N–H and O–H groups in total. The second kappa shape index (κ2) is 8.41. The number of rotatable bonds is 7. The quantitative estimate of drug-likeness (QED) is 0.673. The summed E-state index contributed by atoms with van der Waals surface area (Å²) in [7, 11) is 1.86. The van der Waals surface area contributed by atoms with Gasteiger partial charge in [0.1, 0.15) is 11.5 Å². The molecule has 0 aliphatic heterocycles. The molecule has 27 heavy (non-hydrogen) atoms. The minimum Gasteiger partial charge on any atom is -0.496 e. The molecule has 2 rings (SSSR count). The van der Waals surface area contributed by atoms with E-state index >= 15 is 0 Å². The zero-order chi connectivity index (χ0) is 20.2. The first kappa shape index (κ1) is 20.7. The van der Waals surface area contributed by atoms with Gasteiger partial charge in [-0.25, -0.2) is 13.2 Å².